The summed E-state index contributed by atoms with van der Waals surface area (Å²) in [5.41, 5.74) is 1.18. The lowest BCUT2D eigenvalue weighted by molar-refractivity contribution is -0.134. The van der Waals surface area contributed by atoms with E-state index in [9.17, 15) is 9.59 Å². The largest absolute Gasteiger partial charge is 0.481 e. The number of methoxy groups -OCH3 is 2. The van der Waals surface area contributed by atoms with Crippen LogP contribution in [0.25, 0.3) is 0 Å². The molecule has 0 spiro atoms. The number of piperidine rings is 1. The van der Waals surface area contributed by atoms with Crippen LogP contribution in [0.15, 0.2) is 36.4 Å². The van der Waals surface area contributed by atoms with Crippen LogP contribution in [0.5, 0.6) is 11.8 Å². The Bertz CT molecular complexity index is 845. The Morgan fingerprint density at radius 1 is 1.03 bits per heavy atom. The number of rotatable bonds is 9. The number of nitrogens with zero attached hydrogens (tertiary/aromatic N) is 3. The summed E-state index contributed by atoms with van der Waals surface area (Å²) in [7, 11) is 3.12. The summed E-state index contributed by atoms with van der Waals surface area (Å²) in [6, 6.07) is 11.6. The van der Waals surface area contributed by atoms with Gasteiger partial charge in [0.25, 0.3) is 0 Å². The second-order valence-electron chi connectivity index (χ2n) is 7.55. The van der Waals surface area contributed by atoms with Gasteiger partial charge in [0.05, 0.1) is 20.3 Å². The average molecular weight is 427 g/mol. The van der Waals surface area contributed by atoms with E-state index >= 15 is 0 Å². The minimum absolute atomic E-state index is 0.0146. The normalized spacial score (nSPS) is 14.2. The first-order valence-electron chi connectivity index (χ1n) is 10.6. The first-order valence-corrected chi connectivity index (χ1v) is 10.6. The Morgan fingerprint density at radius 2 is 1.68 bits per heavy atom. The van der Waals surface area contributed by atoms with E-state index in [4.69, 9.17) is 9.47 Å². The second-order valence-corrected chi connectivity index (χ2v) is 7.55. The summed E-state index contributed by atoms with van der Waals surface area (Å²) in [6.07, 6.45) is 2.76. The van der Waals surface area contributed by atoms with Gasteiger partial charge in [-0.2, -0.15) is 9.97 Å². The molecule has 0 unspecified atom stereocenters. The number of carbonyl (C=O) groups is 2. The third-order valence-corrected chi connectivity index (χ3v) is 5.47. The van der Waals surface area contributed by atoms with Crippen molar-refractivity contribution in [2.75, 3.05) is 33.9 Å². The van der Waals surface area contributed by atoms with Crippen molar-refractivity contribution in [3.05, 3.63) is 47.8 Å². The quantitative estimate of drug-likeness (QED) is 0.662. The molecule has 1 saturated heterocycles. The number of aromatic nitrogens is 2. The maximum Gasteiger partial charge on any atom is 0.223 e. The van der Waals surface area contributed by atoms with Gasteiger partial charge in [0, 0.05) is 38.4 Å². The van der Waals surface area contributed by atoms with Crippen molar-refractivity contribution in [2.45, 2.75) is 38.0 Å². The minimum Gasteiger partial charge on any atom is -0.481 e. The van der Waals surface area contributed by atoms with E-state index in [-0.39, 0.29) is 30.6 Å². The monoisotopic (exact) mass is 426 g/mol. The van der Waals surface area contributed by atoms with Gasteiger partial charge in [-0.05, 0) is 24.8 Å². The molecule has 1 fully saturated rings. The topological polar surface area (TPSA) is 93.7 Å². The van der Waals surface area contributed by atoms with Gasteiger partial charge < -0.3 is 19.7 Å². The lowest BCUT2D eigenvalue weighted by Gasteiger charge is -2.31. The number of hydrogen-bond acceptors (Lipinski definition) is 6. The first-order chi connectivity index (χ1) is 15.1. The Hall–Kier alpha value is -3.16. The molecule has 1 aromatic heterocycles. The van der Waals surface area contributed by atoms with E-state index in [1.165, 1.54) is 5.56 Å². The minimum atomic E-state index is -0.0870. The van der Waals surface area contributed by atoms with Gasteiger partial charge in [-0.1, -0.05) is 30.3 Å². The zero-order valence-electron chi connectivity index (χ0n) is 18.2. The highest BCUT2D eigenvalue weighted by Crippen LogP contribution is 2.28. The van der Waals surface area contributed by atoms with Gasteiger partial charge in [-0.3, -0.25) is 9.59 Å². The second kappa shape index (κ2) is 11.3. The summed E-state index contributed by atoms with van der Waals surface area (Å²) in [4.78, 5) is 35.3. The molecular weight excluding hydrogens is 396 g/mol. The SMILES string of the molecule is COc1cc(OC)nc(C2CCN(C(=O)CCC(=O)NCCc3ccccc3)CC2)n1. The van der Waals surface area contributed by atoms with E-state index in [2.05, 4.69) is 15.3 Å². The molecule has 1 aromatic carbocycles. The molecule has 0 radical (unpaired) electrons. The zero-order chi connectivity index (χ0) is 22.1. The molecule has 31 heavy (non-hydrogen) atoms. The predicted octanol–water partition coefficient (Wildman–Crippen LogP) is 2.34. The molecule has 2 amide bonds. The van der Waals surface area contributed by atoms with E-state index in [1.54, 1.807) is 20.3 Å². The molecule has 1 N–H and O–H groups in total. The number of amides is 2. The van der Waals surface area contributed by atoms with Gasteiger partial charge in [0.15, 0.2) is 0 Å². The van der Waals surface area contributed by atoms with Crippen LogP contribution < -0.4 is 14.8 Å². The first kappa shape index (κ1) is 22.5. The molecule has 8 nitrogen and oxygen atoms in total. The highest BCUT2D eigenvalue weighted by atomic mass is 16.5. The smallest absolute Gasteiger partial charge is 0.223 e. The number of benzene rings is 1. The number of ether oxygens (including phenoxy) is 2. The molecule has 0 aliphatic carbocycles. The highest BCUT2D eigenvalue weighted by Gasteiger charge is 2.26. The highest BCUT2D eigenvalue weighted by molar-refractivity contribution is 5.83. The van der Waals surface area contributed by atoms with Crippen molar-refractivity contribution in [3.63, 3.8) is 0 Å². The fourth-order valence-corrected chi connectivity index (χ4v) is 3.66. The van der Waals surface area contributed by atoms with Crippen LogP contribution >= 0.6 is 0 Å². The molecule has 166 valence electrons. The summed E-state index contributed by atoms with van der Waals surface area (Å²) in [5.74, 6) is 1.70. The predicted molar refractivity (Wildman–Crippen MR) is 116 cm³/mol. The fraction of sp³-hybridized carbons (Fsp3) is 0.478. The molecule has 0 bridgehead atoms. The van der Waals surface area contributed by atoms with E-state index in [0.29, 0.717) is 37.2 Å². The van der Waals surface area contributed by atoms with Crippen molar-refractivity contribution in [2.24, 2.45) is 0 Å². The molecule has 8 heteroatoms. The third kappa shape index (κ3) is 6.67. The molecule has 0 atom stereocenters. The van der Waals surface area contributed by atoms with Crippen molar-refractivity contribution in [1.29, 1.82) is 0 Å². The van der Waals surface area contributed by atoms with Crippen molar-refractivity contribution in [1.82, 2.24) is 20.2 Å². The van der Waals surface area contributed by atoms with E-state index in [1.807, 2.05) is 35.2 Å². The lowest BCUT2D eigenvalue weighted by Crippen LogP contribution is -2.38. The Morgan fingerprint density at radius 3 is 2.29 bits per heavy atom. The van der Waals surface area contributed by atoms with Gasteiger partial charge in [0.1, 0.15) is 5.82 Å². The van der Waals surface area contributed by atoms with Crippen molar-refractivity contribution >= 4 is 11.8 Å². The van der Waals surface area contributed by atoms with Crippen LogP contribution in [0.1, 0.15) is 43.0 Å². The van der Waals surface area contributed by atoms with Crippen LogP contribution in [0.4, 0.5) is 0 Å². The van der Waals surface area contributed by atoms with Crippen LogP contribution in [-0.2, 0) is 16.0 Å². The van der Waals surface area contributed by atoms with Gasteiger partial charge in [-0.15, -0.1) is 0 Å². The molecule has 2 heterocycles. The van der Waals surface area contributed by atoms with Crippen LogP contribution in [0.2, 0.25) is 0 Å². The zero-order valence-corrected chi connectivity index (χ0v) is 18.2. The lowest BCUT2D eigenvalue weighted by atomic mass is 9.95. The van der Waals surface area contributed by atoms with Gasteiger partial charge >= 0.3 is 0 Å². The van der Waals surface area contributed by atoms with E-state index < -0.39 is 0 Å². The van der Waals surface area contributed by atoms with Crippen molar-refractivity contribution < 1.29 is 19.1 Å². The number of carbonyl (C=O) groups excluding carboxylic acids is 2. The van der Waals surface area contributed by atoms with Crippen LogP contribution in [0, 0.1) is 0 Å². The summed E-state index contributed by atoms with van der Waals surface area (Å²) < 4.78 is 10.4. The molecular formula is C23H30N4O4. The summed E-state index contributed by atoms with van der Waals surface area (Å²) in [6.45, 7) is 1.83. The third-order valence-electron chi connectivity index (χ3n) is 5.47. The summed E-state index contributed by atoms with van der Waals surface area (Å²) >= 11 is 0. The Labute approximate surface area is 183 Å². The standard InChI is InChI=1S/C23H30N4O4/c1-30-20-16-21(31-2)26-23(25-20)18-11-14-27(15-12-18)22(29)9-8-19(28)24-13-10-17-6-4-3-5-7-17/h3-7,16,18H,8-15H2,1-2H3,(H,24,28). The Kier molecular flexibility index (Phi) is 8.20. The van der Waals surface area contributed by atoms with Crippen molar-refractivity contribution in [3.8, 4) is 11.8 Å². The summed E-state index contributed by atoms with van der Waals surface area (Å²) in [5, 5.41) is 2.89. The molecule has 2 aromatic rings. The molecule has 3 rings (SSSR count). The number of nitrogens with one attached hydrogen (secondary N) is 1. The maximum atomic E-state index is 12.5. The molecule has 1 aliphatic heterocycles. The fourth-order valence-electron chi connectivity index (χ4n) is 3.66. The number of hydrogen-bond donors (Lipinski definition) is 1. The van der Waals surface area contributed by atoms with Crippen LogP contribution in [0.3, 0.4) is 0 Å². The average Bonchev–Trinajstić information content (AvgIpc) is 2.83. The Balaban J connectivity index is 1.39. The van der Waals surface area contributed by atoms with Gasteiger partial charge in [-0.25, -0.2) is 0 Å². The molecule has 0 saturated carbocycles. The number of likely N-dealkylation sites (tertiary alicyclic amines) is 1. The van der Waals surface area contributed by atoms with E-state index in [0.717, 1.165) is 19.3 Å². The maximum absolute atomic E-state index is 12.5. The molecule has 1 aliphatic rings. The van der Waals surface area contributed by atoms with Gasteiger partial charge in [0.2, 0.25) is 23.6 Å². The van der Waals surface area contributed by atoms with Crippen LogP contribution in [-0.4, -0.2) is 60.5 Å².